The van der Waals surface area contributed by atoms with Crippen LogP contribution < -0.4 is 15.7 Å². The Bertz CT molecular complexity index is 1650. The van der Waals surface area contributed by atoms with Gasteiger partial charge in [-0.1, -0.05) is 127 Å². The van der Waals surface area contributed by atoms with Gasteiger partial charge in [-0.25, -0.2) is 5.09 Å². The van der Waals surface area contributed by atoms with E-state index in [0.29, 0.717) is 17.0 Å². The van der Waals surface area contributed by atoms with Crippen LogP contribution in [0.5, 0.6) is 0 Å². The molecule has 1 N–H and O–H groups in total. The van der Waals surface area contributed by atoms with Crippen LogP contribution in [-0.4, -0.2) is 19.1 Å². The maximum Gasteiger partial charge on any atom is 0.323 e. The fourth-order valence-electron chi connectivity index (χ4n) is 4.94. The largest absolute Gasteiger partial charge is 0.468 e. The van der Waals surface area contributed by atoms with Crippen LogP contribution in [0.1, 0.15) is 22.3 Å². The first-order valence-electron chi connectivity index (χ1n) is 13.6. The van der Waals surface area contributed by atoms with Crippen LogP contribution in [0.2, 0.25) is 0 Å². The smallest absolute Gasteiger partial charge is 0.323 e. The first kappa shape index (κ1) is 28.0. The van der Waals surface area contributed by atoms with Gasteiger partial charge in [0.1, 0.15) is 6.04 Å². The van der Waals surface area contributed by atoms with Crippen LogP contribution in [-0.2, 0) is 20.5 Å². The Hall–Kier alpha value is -4.50. The predicted octanol–water partition coefficient (Wildman–Crippen LogP) is 6.88. The molecule has 0 saturated heterocycles. The minimum Gasteiger partial charge on any atom is -0.468 e. The van der Waals surface area contributed by atoms with Crippen LogP contribution in [0.4, 0.5) is 0 Å². The van der Waals surface area contributed by atoms with Crippen molar-refractivity contribution in [3.05, 3.63) is 168 Å². The standard InChI is InChI=1S/C36H32NO3P/c1-40-36(38)34(27-29-18-8-3-9-19-29)37-41(39,31-22-12-5-13-23-31)35-25-15-14-24-32(35)33(30-20-10-4-11-21-30)26-28-16-6-2-7-17-28/h2-26,34H,27H2,1H3,(H,37,39)/b33-26+/t34-,41?/m0/s1. The zero-order chi connectivity index (χ0) is 28.5. The number of esters is 1. The lowest BCUT2D eigenvalue weighted by Gasteiger charge is -2.28. The molecule has 0 radical (unpaired) electrons. The first-order chi connectivity index (χ1) is 20.1. The molecule has 0 aliphatic rings. The lowest BCUT2D eigenvalue weighted by molar-refractivity contribution is -0.142. The summed E-state index contributed by atoms with van der Waals surface area (Å²) in [6, 6.07) is 46.1. The molecule has 2 atom stereocenters. The topological polar surface area (TPSA) is 55.4 Å². The highest BCUT2D eigenvalue weighted by Gasteiger charge is 2.36. The molecule has 5 heteroatoms. The summed E-state index contributed by atoms with van der Waals surface area (Å²) in [5.41, 5.74) is 4.73. The second kappa shape index (κ2) is 13.2. The van der Waals surface area contributed by atoms with Gasteiger partial charge >= 0.3 is 5.97 Å². The average Bonchev–Trinajstić information content (AvgIpc) is 3.04. The molecule has 5 aromatic rings. The van der Waals surface area contributed by atoms with Gasteiger partial charge in [-0.2, -0.15) is 0 Å². The van der Waals surface area contributed by atoms with E-state index in [2.05, 4.69) is 23.3 Å². The predicted molar refractivity (Wildman–Crippen MR) is 169 cm³/mol. The Kier molecular flexibility index (Phi) is 9.05. The molecule has 0 amide bonds. The molecule has 5 rings (SSSR count). The Morgan fingerprint density at radius 1 is 0.732 bits per heavy atom. The fraction of sp³-hybridized carbons (Fsp3) is 0.0833. The van der Waals surface area contributed by atoms with Gasteiger partial charge in [-0.05, 0) is 58.5 Å². The number of carbonyl (C=O) groups excluding carboxylic acids is 1. The maximum absolute atomic E-state index is 15.5. The van der Waals surface area contributed by atoms with E-state index >= 15 is 4.57 Å². The Morgan fingerprint density at radius 3 is 1.90 bits per heavy atom. The fourth-order valence-corrected chi connectivity index (χ4v) is 7.56. The van der Waals surface area contributed by atoms with Crippen molar-refractivity contribution in [1.82, 2.24) is 5.09 Å². The van der Waals surface area contributed by atoms with Gasteiger partial charge < -0.3 is 4.74 Å². The molecule has 4 nitrogen and oxygen atoms in total. The minimum absolute atomic E-state index is 0.331. The molecule has 0 saturated carbocycles. The van der Waals surface area contributed by atoms with Gasteiger partial charge in [0.2, 0.25) is 7.29 Å². The number of nitrogens with one attached hydrogen (secondary N) is 1. The Balaban J connectivity index is 1.70. The Morgan fingerprint density at radius 2 is 1.27 bits per heavy atom. The Labute approximate surface area is 241 Å². The molecule has 0 heterocycles. The number of hydrogen-bond acceptors (Lipinski definition) is 3. The van der Waals surface area contributed by atoms with E-state index < -0.39 is 19.3 Å². The van der Waals surface area contributed by atoms with E-state index in [4.69, 9.17) is 4.74 Å². The van der Waals surface area contributed by atoms with Gasteiger partial charge in [0.25, 0.3) is 0 Å². The SMILES string of the molecule is COC(=O)[C@H](Cc1ccccc1)NP(=O)(c1ccccc1)c1ccccc1/C(=C/c1ccccc1)c1ccccc1. The van der Waals surface area contributed by atoms with Crippen molar-refractivity contribution in [1.29, 1.82) is 0 Å². The second-order valence-electron chi connectivity index (χ2n) is 9.69. The van der Waals surface area contributed by atoms with Gasteiger partial charge in [-0.15, -0.1) is 0 Å². The molecule has 0 spiro atoms. The quantitative estimate of drug-likeness (QED) is 0.116. The number of carbonyl (C=O) groups is 1. The van der Waals surface area contributed by atoms with Crippen LogP contribution in [0.3, 0.4) is 0 Å². The molecule has 5 aromatic carbocycles. The lowest BCUT2D eigenvalue weighted by Crippen LogP contribution is -2.42. The summed E-state index contributed by atoms with van der Waals surface area (Å²) in [6.45, 7) is 0. The molecule has 0 bridgehead atoms. The van der Waals surface area contributed by atoms with Crippen LogP contribution in [0.15, 0.2) is 146 Å². The summed E-state index contributed by atoms with van der Waals surface area (Å²) in [5, 5.41) is 4.56. The molecular formula is C36H32NO3P. The van der Waals surface area contributed by atoms with Crippen molar-refractivity contribution < 1.29 is 14.1 Å². The van der Waals surface area contributed by atoms with Crippen molar-refractivity contribution in [2.24, 2.45) is 0 Å². The summed E-state index contributed by atoms with van der Waals surface area (Å²) in [6.07, 6.45) is 2.45. The van der Waals surface area contributed by atoms with Crippen LogP contribution in [0, 0.1) is 0 Å². The van der Waals surface area contributed by atoms with Crippen LogP contribution in [0.25, 0.3) is 11.6 Å². The highest BCUT2D eigenvalue weighted by atomic mass is 31.2. The summed E-state index contributed by atoms with van der Waals surface area (Å²) in [4.78, 5) is 13.1. The summed E-state index contributed by atoms with van der Waals surface area (Å²) in [5.74, 6) is -0.467. The third-order valence-electron chi connectivity index (χ3n) is 6.95. The van der Waals surface area contributed by atoms with Gasteiger partial charge in [0.05, 0.1) is 7.11 Å². The van der Waals surface area contributed by atoms with E-state index in [1.807, 2.05) is 133 Å². The molecular weight excluding hydrogens is 525 g/mol. The molecule has 0 aliphatic carbocycles. The molecule has 41 heavy (non-hydrogen) atoms. The summed E-state index contributed by atoms with van der Waals surface area (Å²) < 4.78 is 20.7. The third kappa shape index (κ3) is 6.63. The number of ether oxygens (including phenoxy) is 1. The van der Waals surface area contributed by atoms with E-state index in [1.165, 1.54) is 7.11 Å². The summed E-state index contributed by atoms with van der Waals surface area (Å²) >= 11 is 0. The van der Waals surface area contributed by atoms with E-state index in [0.717, 1.165) is 27.8 Å². The van der Waals surface area contributed by atoms with Crippen molar-refractivity contribution >= 4 is 35.5 Å². The highest BCUT2D eigenvalue weighted by molar-refractivity contribution is 7.77. The minimum atomic E-state index is -3.59. The molecule has 0 fully saturated rings. The average molecular weight is 558 g/mol. The summed E-state index contributed by atoms with van der Waals surface area (Å²) in [7, 11) is -2.23. The third-order valence-corrected chi connectivity index (χ3v) is 9.72. The molecule has 0 aliphatic heterocycles. The van der Waals surface area contributed by atoms with Crippen molar-refractivity contribution in [3.63, 3.8) is 0 Å². The lowest BCUT2D eigenvalue weighted by atomic mass is 9.95. The monoisotopic (exact) mass is 557 g/mol. The van der Waals surface area contributed by atoms with E-state index in [9.17, 15) is 4.79 Å². The van der Waals surface area contributed by atoms with Gasteiger partial charge in [0.15, 0.2) is 0 Å². The number of hydrogen-bond donors (Lipinski definition) is 1. The van der Waals surface area contributed by atoms with E-state index in [1.54, 1.807) is 0 Å². The van der Waals surface area contributed by atoms with Gasteiger partial charge in [-0.3, -0.25) is 9.36 Å². The van der Waals surface area contributed by atoms with Gasteiger partial charge in [0, 0.05) is 10.6 Å². The van der Waals surface area contributed by atoms with E-state index in [-0.39, 0.29) is 0 Å². The zero-order valence-electron chi connectivity index (χ0n) is 22.9. The maximum atomic E-state index is 15.5. The van der Waals surface area contributed by atoms with Crippen molar-refractivity contribution in [3.8, 4) is 0 Å². The van der Waals surface area contributed by atoms with Crippen LogP contribution >= 0.6 is 7.29 Å². The van der Waals surface area contributed by atoms with Crippen molar-refractivity contribution in [2.75, 3.05) is 7.11 Å². The number of rotatable bonds is 10. The first-order valence-corrected chi connectivity index (χ1v) is 15.3. The second-order valence-corrected chi connectivity index (χ2v) is 12.2. The van der Waals surface area contributed by atoms with Crippen molar-refractivity contribution in [2.45, 2.75) is 12.5 Å². The normalized spacial score (nSPS) is 13.6. The number of methoxy groups -OCH3 is 1. The molecule has 0 aromatic heterocycles. The highest BCUT2D eigenvalue weighted by Crippen LogP contribution is 2.43. The molecule has 204 valence electrons. The number of benzene rings is 5. The zero-order valence-corrected chi connectivity index (χ0v) is 23.8. The molecule has 1 unspecified atom stereocenters.